The van der Waals surface area contributed by atoms with E-state index in [4.69, 9.17) is 11.6 Å². The van der Waals surface area contributed by atoms with Gasteiger partial charge in [0.15, 0.2) is 11.6 Å². The number of rotatable bonds is 2. The van der Waals surface area contributed by atoms with Crippen molar-refractivity contribution in [1.29, 1.82) is 0 Å². The number of carbonyl (C=O) groups is 2. The Kier molecular flexibility index (Phi) is 4.58. The summed E-state index contributed by atoms with van der Waals surface area (Å²) in [6.45, 7) is 7.06. The van der Waals surface area contributed by atoms with Gasteiger partial charge in [-0.2, -0.15) is 0 Å². The second-order valence-electron chi connectivity index (χ2n) is 10.3. The number of fused-ring (bicyclic) bond motifs is 5. The third-order valence-corrected chi connectivity index (χ3v) is 10.0. The van der Waals surface area contributed by atoms with Crippen LogP contribution in [0.4, 0.5) is 0 Å². The fraction of sp³-hybridized carbons (Fsp3) is 0.739. The summed E-state index contributed by atoms with van der Waals surface area (Å²) in [4.78, 5) is 23.7. The number of alkyl halides is 1. The SMILES string of the molecule is CC1C[C@H]2[C@@H]3CC(C)[C@](O)(C(=O)CO)[C@@]3(C)CC(O)[C@]2(Cl)[C@@]2(C)C=CC(=O)C=C12. The highest BCUT2D eigenvalue weighted by Gasteiger charge is 2.75. The van der Waals surface area contributed by atoms with Crippen LogP contribution < -0.4 is 0 Å². The van der Waals surface area contributed by atoms with Gasteiger partial charge in [-0.05, 0) is 55.1 Å². The van der Waals surface area contributed by atoms with Crippen LogP contribution in [0.25, 0.3) is 0 Å². The third kappa shape index (κ3) is 2.28. The largest absolute Gasteiger partial charge is 0.391 e. The van der Waals surface area contributed by atoms with Crippen LogP contribution in [0.1, 0.15) is 47.0 Å². The average Bonchev–Trinajstić information content (AvgIpc) is 2.86. The highest BCUT2D eigenvalue weighted by Crippen LogP contribution is 2.72. The van der Waals surface area contributed by atoms with E-state index in [0.29, 0.717) is 12.8 Å². The van der Waals surface area contributed by atoms with Gasteiger partial charge >= 0.3 is 0 Å². The first-order valence-electron chi connectivity index (χ1n) is 10.6. The second kappa shape index (κ2) is 6.25. The Bertz CT molecular complexity index is 835. The number of aliphatic hydroxyl groups excluding tert-OH is 2. The molecule has 3 unspecified atom stereocenters. The first-order chi connectivity index (χ1) is 13.4. The quantitative estimate of drug-likeness (QED) is 0.594. The molecular formula is C23H31ClO5. The Morgan fingerprint density at radius 2 is 1.90 bits per heavy atom. The zero-order chi connectivity index (χ0) is 21.6. The van der Waals surface area contributed by atoms with Crippen LogP contribution in [0, 0.1) is 34.5 Å². The molecule has 29 heavy (non-hydrogen) atoms. The standard InChI is InChI=1S/C23H31ClO5/c1-12-7-17-16-8-13(2)23(29,19(28)11-25)21(16,4)10-18(27)22(17,24)20(3)6-5-14(26)9-15(12)20/h5-6,9,12-13,16-18,25,27,29H,7-8,10-11H2,1-4H3/t12?,13?,16-,17-,18?,20-,21-,22-,23-/m0/s1. The number of allylic oxidation sites excluding steroid dienone is 4. The van der Waals surface area contributed by atoms with Crippen molar-refractivity contribution in [2.45, 2.75) is 63.5 Å². The van der Waals surface area contributed by atoms with Gasteiger partial charge in [0.25, 0.3) is 0 Å². The van der Waals surface area contributed by atoms with E-state index < -0.39 is 39.8 Å². The maximum absolute atomic E-state index is 12.7. The molecule has 4 rings (SSSR count). The summed E-state index contributed by atoms with van der Waals surface area (Å²) >= 11 is 7.37. The minimum absolute atomic E-state index is 0.0596. The first-order valence-corrected chi connectivity index (χ1v) is 10.9. The summed E-state index contributed by atoms with van der Waals surface area (Å²) in [6.07, 6.45) is 5.52. The minimum Gasteiger partial charge on any atom is -0.391 e. The summed E-state index contributed by atoms with van der Waals surface area (Å²) in [5.74, 6) is -1.11. The van der Waals surface area contributed by atoms with Crippen LogP contribution in [0.5, 0.6) is 0 Å². The number of aliphatic hydroxyl groups is 3. The molecule has 160 valence electrons. The fourth-order valence-electron chi connectivity index (χ4n) is 7.65. The molecule has 4 aliphatic rings. The summed E-state index contributed by atoms with van der Waals surface area (Å²) in [6, 6.07) is 0. The van der Waals surface area contributed by atoms with Gasteiger partial charge in [0.2, 0.25) is 0 Å². The van der Waals surface area contributed by atoms with E-state index >= 15 is 0 Å². The van der Waals surface area contributed by atoms with Crippen molar-refractivity contribution in [2.75, 3.05) is 6.61 Å². The molecule has 4 aliphatic carbocycles. The lowest BCUT2D eigenvalue weighted by Gasteiger charge is -2.65. The molecule has 0 heterocycles. The number of hydrogen-bond acceptors (Lipinski definition) is 5. The van der Waals surface area contributed by atoms with Crippen molar-refractivity contribution in [3.05, 3.63) is 23.8 Å². The summed E-state index contributed by atoms with van der Waals surface area (Å²) in [5.41, 5.74) is -2.30. The number of halogens is 1. The highest BCUT2D eigenvalue weighted by molar-refractivity contribution is 6.26. The van der Waals surface area contributed by atoms with E-state index in [9.17, 15) is 24.9 Å². The molecule has 0 aliphatic heterocycles. The van der Waals surface area contributed by atoms with Crippen LogP contribution in [0.15, 0.2) is 23.8 Å². The molecule has 6 heteroatoms. The maximum Gasteiger partial charge on any atom is 0.190 e. The Morgan fingerprint density at radius 1 is 1.24 bits per heavy atom. The Morgan fingerprint density at radius 3 is 2.52 bits per heavy atom. The van der Waals surface area contributed by atoms with Gasteiger partial charge in [0, 0.05) is 10.8 Å². The molecule has 3 saturated carbocycles. The molecule has 0 aromatic carbocycles. The van der Waals surface area contributed by atoms with Gasteiger partial charge in [-0.25, -0.2) is 0 Å². The number of carbonyl (C=O) groups excluding carboxylic acids is 2. The van der Waals surface area contributed by atoms with Crippen LogP contribution in [0.3, 0.4) is 0 Å². The first kappa shape index (κ1) is 21.2. The van der Waals surface area contributed by atoms with Gasteiger partial charge in [-0.3, -0.25) is 9.59 Å². The maximum atomic E-state index is 12.7. The summed E-state index contributed by atoms with van der Waals surface area (Å²) < 4.78 is 0. The van der Waals surface area contributed by atoms with Crippen molar-refractivity contribution in [3.63, 3.8) is 0 Å². The summed E-state index contributed by atoms with van der Waals surface area (Å²) in [5, 5.41) is 32.5. The molecule has 0 bridgehead atoms. The molecule has 0 aromatic heterocycles. The van der Waals surface area contributed by atoms with Gasteiger partial charge in [-0.15, -0.1) is 11.6 Å². The van der Waals surface area contributed by atoms with E-state index in [2.05, 4.69) is 6.92 Å². The monoisotopic (exact) mass is 422 g/mol. The lowest BCUT2D eigenvalue weighted by atomic mass is 9.44. The molecule has 0 saturated heterocycles. The number of Topliss-reactive ketones (excluding diaryl/α,β-unsaturated/α-hetero) is 1. The van der Waals surface area contributed by atoms with Crippen molar-refractivity contribution >= 4 is 23.2 Å². The zero-order valence-corrected chi connectivity index (χ0v) is 18.2. The molecule has 3 N–H and O–H groups in total. The van der Waals surface area contributed by atoms with Crippen LogP contribution in [-0.2, 0) is 9.59 Å². The minimum atomic E-state index is -1.69. The van der Waals surface area contributed by atoms with Crippen LogP contribution >= 0.6 is 11.6 Å². The zero-order valence-electron chi connectivity index (χ0n) is 17.5. The van der Waals surface area contributed by atoms with E-state index in [1.807, 2.05) is 26.8 Å². The van der Waals surface area contributed by atoms with Crippen molar-refractivity contribution < 1.29 is 24.9 Å². The molecule has 0 spiro atoms. The topological polar surface area (TPSA) is 94.8 Å². The lowest BCUT2D eigenvalue weighted by molar-refractivity contribution is -0.180. The molecule has 3 fully saturated rings. The van der Waals surface area contributed by atoms with Gasteiger partial charge in [-0.1, -0.05) is 39.3 Å². The van der Waals surface area contributed by atoms with E-state index in [-0.39, 0.29) is 35.9 Å². The average molecular weight is 423 g/mol. The lowest BCUT2D eigenvalue weighted by Crippen LogP contribution is -2.69. The Labute approximate surface area is 176 Å². The highest BCUT2D eigenvalue weighted by atomic mass is 35.5. The molecule has 9 atom stereocenters. The summed E-state index contributed by atoms with van der Waals surface area (Å²) in [7, 11) is 0. The smallest absolute Gasteiger partial charge is 0.190 e. The van der Waals surface area contributed by atoms with E-state index in [1.54, 1.807) is 6.08 Å². The van der Waals surface area contributed by atoms with Crippen molar-refractivity contribution in [1.82, 2.24) is 0 Å². The Hall–Kier alpha value is -1.01. The van der Waals surface area contributed by atoms with Crippen molar-refractivity contribution in [2.24, 2.45) is 34.5 Å². The van der Waals surface area contributed by atoms with Crippen molar-refractivity contribution in [3.8, 4) is 0 Å². The molecule has 0 aromatic rings. The molecule has 0 amide bonds. The van der Waals surface area contributed by atoms with Gasteiger partial charge in [0.1, 0.15) is 12.2 Å². The molecular weight excluding hydrogens is 392 g/mol. The number of hydrogen-bond donors (Lipinski definition) is 3. The van der Waals surface area contributed by atoms with Gasteiger partial charge in [0.05, 0.1) is 11.0 Å². The predicted molar refractivity (Wildman–Crippen MR) is 109 cm³/mol. The second-order valence-corrected chi connectivity index (χ2v) is 10.9. The molecule has 5 nitrogen and oxygen atoms in total. The van der Waals surface area contributed by atoms with E-state index in [1.165, 1.54) is 6.08 Å². The molecule has 0 radical (unpaired) electrons. The van der Waals surface area contributed by atoms with E-state index in [0.717, 1.165) is 5.57 Å². The van der Waals surface area contributed by atoms with Crippen LogP contribution in [0.2, 0.25) is 0 Å². The third-order valence-electron chi connectivity index (χ3n) is 9.12. The number of ketones is 2. The predicted octanol–water partition coefficient (Wildman–Crippen LogP) is 2.41. The Balaban J connectivity index is 1.87. The fourth-order valence-corrected chi connectivity index (χ4v) is 8.14. The normalized spacial score (nSPS) is 53.7. The van der Waals surface area contributed by atoms with Crippen LogP contribution in [-0.4, -0.2) is 50.1 Å². The van der Waals surface area contributed by atoms with Gasteiger partial charge < -0.3 is 15.3 Å².